The minimum absolute atomic E-state index is 0.0427. The molecule has 10 heteroatoms. The summed E-state index contributed by atoms with van der Waals surface area (Å²) in [5.74, 6) is 1.01. The summed E-state index contributed by atoms with van der Waals surface area (Å²) in [6.45, 7) is 11.5. The van der Waals surface area contributed by atoms with Crippen LogP contribution >= 0.6 is 11.6 Å². The van der Waals surface area contributed by atoms with E-state index in [0.717, 1.165) is 58.4 Å². The molecule has 0 saturated carbocycles. The summed E-state index contributed by atoms with van der Waals surface area (Å²) in [6.07, 6.45) is 5.87. The summed E-state index contributed by atoms with van der Waals surface area (Å²) in [4.78, 5) is 32.0. The third kappa shape index (κ3) is 4.93. The molecule has 45 heavy (non-hydrogen) atoms. The van der Waals surface area contributed by atoms with E-state index in [2.05, 4.69) is 37.0 Å². The normalized spacial score (nSPS) is 19.7. The number of halogens is 1. The zero-order valence-corrected chi connectivity index (χ0v) is 27.4. The molecule has 5 aromatic rings. The first-order chi connectivity index (χ1) is 21.4. The number of amides is 1. The van der Waals surface area contributed by atoms with Gasteiger partial charge >= 0.3 is 5.69 Å². The molecule has 0 unspecified atom stereocenters. The molecule has 1 amide bonds. The maximum atomic E-state index is 14.3. The van der Waals surface area contributed by atoms with Gasteiger partial charge in [0.2, 0.25) is 0 Å². The number of H-pyrrole nitrogens is 1. The predicted octanol–water partition coefficient (Wildman–Crippen LogP) is 6.55. The molecule has 0 aliphatic carbocycles. The number of benzene rings is 2. The Morgan fingerprint density at radius 1 is 1.13 bits per heavy atom. The van der Waals surface area contributed by atoms with Crippen molar-refractivity contribution in [3.8, 4) is 11.5 Å². The molecule has 1 N–H and O–H groups in total. The summed E-state index contributed by atoms with van der Waals surface area (Å²) in [6, 6.07) is 12.2. The molecule has 2 atom stereocenters. The average Bonchev–Trinajstić information content (AvgIpc) is 3.69. The molecule has 1 saturated heterocycles. The van der Waals surface area contributed by atoms with Crippen molar-refractivity contribution < 1.29 is 9.53 Å². The van der Waals surface area contributed by atoms with Crippen LogP contribution in [0.25, 0.3) is 22.4 Å². The Kier molecular flexibility index (Phi) is 7.09. The summed E-state index contributed by atoms with van der Waals surface area (Å²) < 4.78 is 11.3. The Morgan fingerprint density at radius 3 is 2.58 bits per heavy atom. The lowest BCUT2D eigenvalue weighted by atomic mass is 9.83. The second-order valence-electron chi connectivity index (χ2n) is 13.3. The van der Waals surface area contributed by atoms with Crippen LogP contribution in [0.5, 0.6) is 0 Å². The highest BCUT2D eigenvalue weighted by Crippen LogP contribution is 2.39. The molecule has 0 bridgehead atoms. The van der Waals surface area contributed by atoms with Gasteiger partial charge in [0.05, 0.1) is 23.0 Å². The Balaban J connectivity index is 1.27. The van der Waals surface area contributed by atoms with E-state index in [-0.39, 0.29) is 23.2 Å². The molecule has 2 aromatic carbocycles. The third-order valence-electron chi connectivity index (χ3n) is 9.71. The number of fused-ring (bicyclic) bond motifs is 2. The van der Waals surface area contributed by atoms with Crippen LogP contribution in [-0.2, 0) is 18.2 Å². The first-order valence-corrected chi connectivity index (χ1v) is 16.0. The fraction of sp³-hybridized carbons (Fsp3) is 0.400. The van der Waals surface area contributed by atoms with E-state index in [1.54, 1.807) is 17.0 Å². The third-order valence-corrected chi connectivity index (χ3v) is 10.3. The van der Waals surface area contributed by atoms with Gasteiger partial charge in [0.25, 0.3) is 5.91 Å². The number of imidazole rings is 1. The first-order valence-electron chi connectivity index (χ1n) is 15.6. The van der Waals surface area contributed by atoms with Crippen LogP contribution in [0.1, 0.15) is 84.0 Å². The van der Waals surface area contributed by atoms with E-state index in [4.69, 9.17) is 21.4 Å². The van der Waals surface area contributed by atoms with Crippen molar-refractivity contribution in [2.45, 2.75) is 71.4 Å². The SMILES string of the molecule is Cc1cc(-n2nc3c(c2-n2cc[nH]c2=O)[C@H](C)N(C(=O)c2cc4cc([C@H]5CCOC(C)(C)C5)ccc4n2C)CC3)cc(C)c1Cl. The molecule has 0 radical (unpaired) electrons. The van der Waals surface area contributed by atoms with E-state index in [1.807, 2.05) is 60.2 Å². The van der Waals surface area contributed by atoms with Gasteiger partial charge in [-0.3, -0.25) is 9.36 Å². The standard InChI is InChI=1S/C35H39ClN6O3/c1-20-15-26(16-21(2)31(20)36)42-32(41-13-11-37-34(41)44)30-22(3)40(12-9-27(30)38-42)33(43)29-18-25-17-23(7-8-28(25)39(29)6)24-10-14-45-35(4,5)19-24/h7-8,11,13,15-18,22,24H,9-10,12,14,19H2,1-6H3,(H,37,44)/t22-,24-/m0/s1. The highest BCUT2D eigenvalue weighted by Gasteiger charge is 2.36. The van der Waals surface area contributed by atoms with Gasteiger partial charge in [-0.2, -0.15) is 5.10 Å². The number of carbonyl (C=O) groups excluding carboxylic acids is 1. The monoisotopic (exact) mass is 626 g/mol. The smallest absolute Gasteiger partial charge is 0.331 e. The van der Waals surface area contributed by atoms with Gasteiger partial charge in [0, 0.05) is 60.5 Å². The number of nitrogens with zero attached hydrogens (tertiary/aromatic N) is 5. The molecule has 0 spiro atoms. The van der Waals surface area contributed by atoms with E-state index >= 15 is 0 Å². The van der Waals surface area contributed by atoms with E-state index in [0.29, 0.717) is 35.4 Å². The Labute approximate surface area is 267 Å². The lowest BCUT2D eigenvalue weighted by molar-refractivity contribution is -0.0592. The molecular formula is C35H39ClN6O3. The quantitative estimate of drug-likeness (QED) is 0.245. The largest absolute Gasteiger partial charge is 0.376 e. The summed E-state index contributed by atoms with van der Waals surface area (Å²) >= 11 is 6.50. The first kappa shape index (κ1) is 29.6. The van der Waals surface area contributed by atoms with Crippen LogP contribution in [0.2, 0.25) is 5.02 Å². The minimum atomic E-state index is -0.320. The van der Waals surface area contributed by atoms with E-state index in [9.17, 15) is 9.59 Å². The zero-order chi connectivity index (χ0) is 31.8. The maximum absolute atomic E-state index is 14.3. The molecule has 2 aliphatic heterocycles. The van der Waals surface area contributed by atoms with Crippen LogP contribution in [0.4, 0.5) is 0 Å². The van der Waals surface area contributed by atoms with Gasteiger partial charge in [-0.15, -0.1) is 0 Å². The highest BCUT2D eigenvalue weighted by molar-refractivity contribution is 6.32. The fourth-order valence-electron chi connectivity index (χ4n) is 7.37. The van der Waals surface area contributed by atoms with E-state index in [1.165, 1.54) is 5.56 Å². The van der Waals surface area contributed by atoms with Gasteiger partial charge in [-0.25, -0.2) is 9.48 Å². The van der Waals surface area contributed by atoms with Gasteiger partial charge in [0.1, 0.15) is 11.5 Å². The molecule has 5 heterocycles. The highest BCUT2D eigenvalue weighted by atomic mass is 35.5. The molecule has 9 nitrogen and oxygen atoms in total. The van der Waals surface area contributed by atoms with Crippen molar-refractivity contribution in [3.05, 3.63) is 97.9 Å². The lowest BCUT2D eigenvalue weighted by Gasteiger charge is -2.35. The van der Waals surface area contributed by atoms with Crippen LogP contribution in [0.3, 0.4) is 0 Å². The predicted molar refractivity (Wildman–Crippen MR) is 176 cm³/mol. The molecule has 3 aromatic heterocycles. The van der Waals surface area contributed by atoms with Gasteiger partial charge in [0.15, 0.2) is 0 Å². The van der Waals surface area contributed by atoms with E-state index < -0.39 is 0 Å². The minimum Gasteiger partial charge on any atom is -0.376 e. The molecule has 1 fully saturated rings. The van der Waals surface area contributed by atoms with Crippen molar-refractivity contribution in [1.82, 2.24) is 28.8 Å². The van der Waals surface area contributed by atoms with Gasteiger partial charge in [-0.05, 0) is 100 Å². The Morgan fingerprint density at radius 2 is 1.89 bits per heavy atom. The number of hydrogen-bond donors (Lipinski definition) is 1. The number of aryl methyl sites for hydroxylation is 3. The van der Waals surface area contributed by atoms with Gasteiger partial charge in [-0.1, -0.05) is 17.7 Å². The number of aromatic amines is 1. The molecular weight excluding hydrogens is 588 g/mol. The average molecular weight is 627 g/mol. The number of rotatable bonds is 4. The van der Waals surface area contributed by atoms with Crippen LogP contribution < -0.4 is 5.69 Å². The molecule has 2 aliphatic rings. The van der Waals surface area contributed by atoms with Crippen LogP contribution in [-0.4, -0.2) is 53.5 Å². The second-order valence-corrected chi connectivity index (χ2v) is 13.6. The summed E-state index contributed by atoms with van der Waals surface area (Å²) in [7, 11) is 1.96. The zero-order valence-electron chi connectivity index (χ0n) is 26.6. The van der Waals surface area contributed by atoms with Crippen molar-refractivity contribution in [2.24, 2.45) is 7.05 Å². The maximum Gasteiger partial charge on any atom is 0.331 e. The lowest BCUT2D eigenvalue weighted by Crippen LogP contribution is -2.40. The summed E-state index contributed by atoms with van der Waals surface area (Å²) in [5, 5.41) is 6.78. The molecule has 234 valence electrons. The fourth-order valence-corrected chi connectivity index (χ4v) is 7.47. The van der Waals surface area contributed by atoms with Crippen molar-refractivity contribution >= 4 is 28.4 Å². The topological polar surface area (TPSA) is 90.1 Å². The van der Waals surface area contributed by atoms with Crippen LogP contribution in [0.15, 0.2) is 53.6 Å². The number of ether oxygens (including phenoxy) is 1. The second kappa shape index (κ2) is 10.8. The van der Waals surface area contributed by atoms with Crippen molar-refractivity contribution in [3.63, 3.8) is 0 Å². The number of aromatic nitrogens is 5. The number of hydrogen-bond acceptors (Lipinski definition) is 4. The number of nitrogens with one attached hydrogen (secondary N) is 1. The number of carbonyl (C=O) groups is 1. The van der Waals surface area contributed by atoms with Crippen LogP contribution in [0, 0.1) is 13.8 Å². The van der Waals surface area contributed by atoms with Gasteiger partial charge < -0.3 is 19.2 Å². The van der Waals surface area contributed by atoms with Crippen molar-refractivity contribution in [1.29, 1.82) is 0 Å². The summed E-state index contributed by atoms with van der Waals surface area (Å²) in [5.41, 5.74) is 6.97. The Bertz CT molecular complexity index is 2010. The molecule has 7 rings (SSSR count). The van der Waals surface area contributed by atoms with Crippen molar-refractivity contribution in [2.75, 3.05) is 13.2 Å². The Hall–Kier alpha value is -4.08.